The summed E-state index contributed by atoms with van der Waals surface area (Å²) in [6.45, 7) is 4.86. The number of nitrogens with zero attached hydrogens (tertiary/aromatic N) is 2. The Balaban J connectivity index is 1.49. The highest BCUT2D eigenvalue weighted by Gasteiger charge is 2.49. The Morgan fingerprint density at radius 3 is 2.48 bits per heavy atom. The fraction of sp³-hybridized carbons (Fsp3) is 0.531. The summed E-state index contributed by atoms with van der Waals surface area (Å²) in [5, 5.41) is 52.5. The number of hydrazone groups is 1. The first-order valence-corrected chi connectivity index (χ1v) is 15.1. The maximum atomic E-state index is 13.9. The van der Waals surface area contributed by atoms with Gasteiger partial charge in [-0.05, 0) is 39.2 Å². The minimum atomic E-state index is -1.64. The summed E-state index contributed by atoms with van der Waals surface area (Å²) in [6, 6.07) is 3.93. The summed E-state index contributed by atoms with van der Waals surface area (Å²) < 4.78 is 17.6. The van der Waals surface area contributed by atoms with E-state index in [0.717, 1.165) is 32.4 Å². The summed E-state index contributed by atoms with van der Waals surface area (Å²) >= 11 is 0. The molecule has 6 atom stereocenters. The molecule has 2 heterocycles. The molecule has 2 fully saturated rings. The summed E-state index contributed by atoms with van der Waals surface area (Å²) in [4.78, 5) is 27.7. The van der Waals surface area contributed by atoms with Gasteiger partial charge in [0.2, 0.25) is 5.78 Å². The van der Waals surface area contributed by atoms with Crippen LogP contribution in [0.3, 0.4) is 0 Å². The molecule has 6 rings (SSSR count). The van der Waals surface area contributed by atoms with Crippen molar-refractivity contribution in [3.8, 4) is 17.2 Å². The number of hydrogen-bond donors (Lipinski definition) is 5. The highest BCUT2D eigenvalue weighted by Crippen LogP contribution is 2.52. The van der Waals surface area contributed by atoms with Crippen molar-refractivity contribution in [2.75, 3.05) is 20.2 Å². The van der Waals surface area contributed by atoms with E-state index in [1.165, 1.54) is 13.2 Å². The Labute approximate surface area is 255 Å². The van der Waals surface area contributed by atoms with Crippen molar-refractivity contribution in [3.05, 3.63) is 51.6 Å². The molecule has 236 valence electrons. The summed E-state index contributed by atoms with van der Waals surface area (Å²) in [7, 11) is 1.37. The molecule has 2 saturated heterocycles. The van der Waals surface area contributed by atoms with Gasteiger partial charge < -0.3 is 40.4 Å². The van der Waals surface area contributed by atoms with Crippen LogP contribution in [0.2, 0.25) is 0 Å². The molecule has 0 amide bonds. The number of aromatic hydroxyl groups is 2. The number of rotatable bonds is 5. The van der Waals surface area contributed by atoms with Gasteiger partial charge in [-0.3, -0.25) is 14.6 Å². The summed E-state index contributed by atoms with van der Waals surface area (Å²) in [6.07, 6.45) is -0.688. The summed E-state index contributed by atoms with van der Waals surface area (Å²) in [5.74, 6) is -2.21. The minimum Gasteiger partial charge on any atom is -0.507 e. The Bertz CT molecular complexity index is 1520. The zero-order chi connectivity index (χ0) is 31.5. The van der Waals surface area contributed by atoms with Gasteiger partial charge in [-0.25, -0.2) is 0 Å². The maximum absolute atomic E-state index is 13.9. The van der Waals surface area contributed by atoms with Gasteiger partial charge in [0.25, 0.3) is 0 Å². The second-order valence-corrected chi connectivity index (χ2v) is 12.3. The first kappa shape index (κ1) is 30.5. The Morgan fingerprint density at radius 2 is 1.80 bits per heavy atom. The number of ether oxygens (including phenoxy) is 3. The number of carbonyl (C=O) groups excluding carboxylic acids is 2. The van der Waals surface area contributed by atoms with Crippen LogP contribution in [0.4, 0.5) is 0 Å². The number of aliphatic hydroxyl groups is 2. The van der Waals surface area contributed by atoms with Crippen molar-refractivity contribution in [2.24, 2.45) is 10.8 Å². The molecule has 4 unspecified atom stereocenters. The van der Waals surface area contributed by atoms with Crippen molar-refractivity contribution < 1.29 is 44.2 Å². The van der Waals surface area contributed by atoms with Crippen molar-refractivity contribution >= 4 is 17.3 Å². The standard InChI is InChI=1S/C32H39N3O9/c1-15-27(36)19(33)12-22(43-15)44-21-14-32(41,16(2)34-35-10-5-4-6-11-35)13-18-24(21)31(40)26-25(29(18)38)28(37)17-8-7-9-20(42-3)23(17)30(26)39/h7-9,15,19,21-22,27,36,38,40-41H,4-6,10-14,33H2,1-3H3/b34-16+/t15?,19?,21-,22?,27?,32-/m0/s1. The molecule has 0 bridgehead atoms. The number of phenols is 2. The predicted molar refractivity (Wildman–Crippen MR) is 158 cm³/mol. The van der Waals surface area contributed by atoms with E-state index >= 15 is 0 Å². The van der Waals surface area contributed by atoms with Gasteiger partial charge in [0, 0.05) is 55.1 Å². The predicted octanol–water partition coefficient (Wildman–Crippen LogP) is 2.30. The molecule has 12 heteroatoms. The van der Waals surface area contributed by atoms with E-state index in [1.54, 1.807) is 26.0 Å². The van der Waals surface area contributed by atoms with Gasteiger partial charge in [0.15, 0.2) is 12.1 Å². The number of carbonyl (C=O) groups is 2. The van der Waals surface area contributed by atoms with E-state index in [2.05, 4.69) is 0 Å². The van der Waals surface area contributed by atoms with E-state index in [0.29, 0.717) is 5.71 Å². The fourth-order valence-corrected chi connectivity index (χ4v) is 6.95. The molecular weight excluding hydrogens is 570 g/mol. The van der Waals surface area contributed by atoms with Crippen LogP contribution in [0.25, 0.3) is 0 Å². The van der Waals surface area contributed by atoms with Crippen LogP contribution in [0.5, 0.6) is 17.2 Å². The maximum Gasteiger partial charge on any atom is 0.202 e. The van der Waals surface area contributed by atoms with Crippen LogP contribution in [0.1, 0.15) is 95.0 Å². The van der Waals surface area contributed by atoms with E-state index in [1.807, 2.05) is 5.01 Å². The zero-order valence-electron chi connectivity index (χ0n) is 25.1. The van der Waals surface area contributed by atoms with Crippen LogP contribution < -0.4 is 10.5 Å². The van der Waals surface area contributed by atoms with E-state index in [-0.39, 0.29) is 58.4 Å². The van der Waals surface area contributed by atoms with Crippen LogP contribution in [0.15, 0.2) is 23.3 Å². The van der Waals surface area contributed by atoms with Gasteiger partial charge in [-0.1, -0.05) is 12.1 Å². The number of aliphatic hydroxyl groups excluding tert-OH is 1. The highest BCUT2D eigenvalue weighted by atomic mass is 16.7. The normalized spacial score (nSPS) is 30.5. The molecule has 12 nitrogen and oxygen atoms in total. The van der Waals surface area contributed by atoms with Gasteiger partial charge in [0.05, 0.1) is 47.8 Å². The van der Waals surface area contributed by atoms with E-state index in [9.17, 15) is 30.0 Å². The smallest absolute Gasteiger partial charge is 0.202 e. The molecule has 0 aromatic heterocycles. The molecule has 2 aliphatic heterocycles. The number of fused-ring (bicyclic) bond motifs is 3. The number of benzene rings is 2. The molecule has 4 aliphatic rings. The molecular formula is C32H39N3O9. The third-order valence-corrected chi connectivity index (χ3v) is 9.44. The molecule has 0 radical (unpaired) electrons. The molecule has 6 N–H and O–H groups in total. The van der Waals surface area contributed by atoms with Crippen molar-refractivity contribution in [1.29, 1.82) is 0 Å². The second-order valence-electron chi connectivity index (χ2n) is 12.3. The quantitative estimate of drug-likeness (QED) is 0.211. The van der Waals surface area contributed by atoms with Crippen molar-refractivity contribution in [1.82, 2.24) is 5.01 Å². The first-order valence-electron chi connectivity index (χ1n) is 15.1. The third kappa shape index (κ3) is 4.94. The SMILES string of the molecule is COc1cccc2c1C(=O)c1c(O)c3c(c(O)c1C2=O)C[C@@](O)(/C(C)=N/N1CCCCC1)C[C@@H]3OC1CC(N)C(O)C(C)O1. The molecule has 0 saturated carbocycles. The van der Waals surface area contributed by atoms with Gasteiger partial charge in [0.1, 0.15) is 22.8 Å². The van der Waals surface area contributed by atoms with Crippen LogP contribution in [-0.2, 0) is 15.9 Å². The minimum absolute atomic E-state index is 0.0131. The highest BCUT2D eigenvalue weighted by molar-refractivity contribution is 6.31. The Morgan fingerprint density at radius 1 is 1.09 bits per heavy atom. The van der Waals surface area contributed by atoms with Crippen LogP contribution in [0, 0.1) is 0 Å². The monoisotopic (exact) mass is 609 g/mol. The van der Waals surface area contributed by atoms with Crippen molar-refractivity contribution in [2.45, 2.75) is 88.6 Å². The first-order chi connectivity index (χ1) is 20.9. The van der Waals surface area contributed by atoms with Gasteiger partial charge in [-0.15, -0.1) is 0 Å². The van der Waals surface area contributed by atoms with E-state index in [4.69, 9.17) is 25.0 Å². The van der Waals surface area contributed by atoms with Gasteiger partial charge >= 0.3 is 0 Å². The zero-order valence-corrected chi connectivity index (χ0v) is 25.1. The Hall–Kier alpha value is -3.55. The molecule has 2 aliphatic carbocycles. The molecule has 0 spiro atoms. The fourth-order valence-electron chi connectivity index (χ4n) is 6.95. The third-order valence-electron chi connectivity index (χ3n) is 9.44. The number of piperidine rings is 1. The van der Waals surface area contributed by atoms with Gasteiger partial charge in [-0.2, -0.15) is 5.10 Å². The number of nitrogens with two attached hydrogens (primary N) is 1. The van der Waals surface area contributed by atoms with Crippen LogP contribution >= 0.6 is 0 Å². The van der Waals surface area contributed by atoms with E-state index < -0.39 is 59.3 Å². The lowest BCUT2D eigenvalue weighted by atomic mass is 9.71. The average molecular weight is 610 g/mol. The second kappa shape index (κ2) is 11.4. The average Bonchev–Trinajstić information content (AvgIpc) is 3.00. The molecule has 2 aromatic carbocycles. The number of methoxy groups -OCH3 is 1. The lowest BCUT2D eigenvalue weighted by Gasteiger charge is -2.43. The molecule has 2 aromatic rings. The van der Waals surface area contributed by atoms with Crippen LogP contribution in [-0.4, -0.2) is 93.1 Å². The summed E-state index contributed by atoms with van der Waals surface area (Å²) in [5.41, 5.74) is 4.38. The van der Waals surface area contributed by atoms with Crippen molar-refractivity contribution in [3.63, 3.8) is 0 Å². The lowest BCUT2D eigenvalue weighted by Crippen LogP contribution is -2.52. The number of phenolic OH excluding ortho intramolecular Hbond substituents is 2. The lowest BCUT2D eigenvalue weighted by molar-refractivity contribution is -0.245. The largest absolute Gasteiger partial charge is 0.507 e. The molecule has 44 heavy (non-hydrogen) atoms. The Kier molecular flexibility index (Phi) is 7.91. The number of ketones is 2. The number of hydrogen-bond acceptors (Lipinski definition) is 12. The topological polar surface area (TPSA) is 184 Å².